The molecule has 2 saturated carbocycles. The first kappa shape index (κ1) is 12.7. The van der Waals surface area contributed by atoms with E-state index in [9.17, 15) is 0 Å². The fraction of sp³-hybridized carbons (Fsp3) is 0.929. The quantitative estimate of drug-likeness (QED) is 0.573. The van der Waals surface area contributed by atoms with Gasteiger partial charge in [0.25, 0.3) is 0 Å². The molecule has 2 atom stereocenters. The van der Waals surface area contributed by atoms with Crippen LogP contribution in [0.5, 0.6) is 0 Å². The van der Waals surface area contributed by atoms with Crippen molar-refractivity contribution in [2.24, 2.45) is 22.6 Å². The van der Waals surface area contributed by atoms with Crippen molar-refractivity contribution in [3.63, 3.8) is 0 Å². The molecule has 17 heavy (non-hydrogen) atoms. The Morgan fingerprint density at radius 1 is 1.18 bits per heavy atom. The molecule has 0 saturated heterocycles. The van der Waals surface area contributed by atoms with E-state index in [4.69, 9.17) is 5.73 Å². The Morgan fingerprint density at radius 3 is 2.41 bits per heavy atom. The zero-order valence-electron chi connectivity index (χ0n) is 11.5. The SMILES string of the molecule is CC(C)(C)NC(N)=NC1CC1C1CCCCC1. The third kappa shape index (κ3) is 3.90. The molecule has 0 aromatic rings. The molecule has 0 aromatic heterocycles. The average Bonchev–Trinajstić information content (AvgIpc) is 2.95. The molecule has 0 heterocycles. The van der Waals surface area contributed by atoms with Crippen LogP contribution in [0.15, 0.2) is 4.99 Å². The molecule has 2 aliphatic rings. The maximum atomic E-state index is 5.93. The first-order valence-corrected chi connectivity index (χ1v) is 7.07. The van der Waals surface area contributed by atoms with Crippen LogP contribution >= 0.6 is 0 Å². The highest BCUT2D eigenvalue weighted by Crippen LogP contribution is 2.46. The average molecular weight is 237 g/mol. The van der Waals surface area contributed by atoms with E-state index >= 15 is 0 Å². The molecule has 2 aliphatic carbocycles. The molecule has 2 rings (SSSR count). The fourth-order valence-corrected chi connectivity index (χ4v) is 3.01. The van der Waals surface area contributed by atoms with Crippen LogP contribution in [-0.4, -0.2) is 17.5 Å². The van der Waals surface area contributed by atoms with Gasteiger partial charge in [0.15, 0.2) is 5.96 Å². The van der Waals surface area contributed by atoms with E-state index in [-0.39, 0.29) is 5.54 Å². The molecule has 0 spiro atoms. The first-order valence-electron chi connectivity index (χ1n) is 7.07. The van der Waals surface area contributed by atoms with Gasteiger partial charge >= 0.3 is 0 Å². The van der Waals surface area contributed by atoms with Gasteiger partial charge < -0.3 is 11.1 Å². The highest BCUT2D eigenvalue weighted by atomic mass is 15.1. The molecule has 0 bridgehead atoms. The first-order chi connectivity index (χ1) is 7.96. The van der Waals surface area contributed by atoms with Crippen molar-refractivity contribution < 1.29 is 0 Å². The molecule has 0 radical (unpaired) electrons. The summed E-state index contributed by atoms with van der Waals surface area (Å²) >= 11 is 0. The summed E-state index contributed by atoms with van der Waals surface area (Å²) in [7, 11) is 0. The number of nitrogens with one attached hydrogen (secondary N) is 1. The van der Waals surface area contributed by atoms with Crippen molar-refractivity contribution in [2.45, 2.75) is 70.9 Å². The van der Waals surface area contributed by atoms with Gasteiger partial charge in [-0.2, -0.15) is 0 Å². The van der Waals surface area contributed by atoms with Crippen LogP contribution in [0.4, 0.5) is 0 Å². The van der Waals surface area contributed by atoms with Gasteiger partial charge in [0.2, 0.25) is 0 Å². The standard InChI is InChI=1S/C14H27N3/c1-14(2,3)17-13(15)16-12-9-11(12)10-7-5-4-6-8-10/h10-12H,4-9H2,1-3H3,(H3,15,16,17). The van der Waals surface area contributed by atoms with E-state index in [1.165, 1.54) is 38.5 Å². The van der Waals surface area contributed by atoms with Crippen LogP contribution in [0.3, 0.4) is 0 Å². The molecule has 3 heteroatoms. The van der Waals surface area contributed by atoms with Gasteiger partial charge in [0.1, 0.15) is 0 Å². The lowest BCUT2D eigenvalue weighted by Crippen LogP contribution is -2.45. The van der Waals surface area contributed by atoms with Crippen LogP contribution in [0.1, 0.15) is 59.3 Å². The molecular formula is C14H27N3. The van der Waals surface area contributed by atoms with Gasteiger partial charge in [0, 0.05) is 5.54 Å². The molecule has 3 N–H and O–H groups in total. The lowest BCUT2D eigenvalue weighted by atomic mass is 9.85. The summed E-state index contributed by atoms with van der Waals surface area (Å²) in [6.45, 7) is 6.34. The summed E-state index contributed by atoms with van der Waals surface area (Å²) in [6, 6.07) is 0.507. The van der Waals surface area contributed by atoms with E-state index in [0.29, 0.717) is 12.0 Å². The Labute approximate surface area is 105 Å². The number of nitrogens with zero attached hydrogens (tertiary/aromatic N) is 1. The van der Waals surface area contributed by atoms with Crippen molar-refractivity contribution in [1.82, 2.24) is 5.32 Å². The predicted molar refractivity (Wildman–Crippen MR) is 73.0 cm³/mol. The largest absolute Gasteiger partial charge is 0.370 e. The van der Waals surface area contributed by atoms with Crippen LogP contribution in [0.2, 0.25) is 0 Å². The van der Waals surface area contributed by atoms with Crippen LogP contribution in [0.25, 0.3) is 0 Å². The van der Waals surface area contributed by atoms with E-state index in [1.807, 2.05) is 0 Å². The maximum absolute atomic E-state index is 5.93. The number of aliphatic imine (C=N–C) groups is 1. The Kier molecular flexibility index (Phi) is 3.64. The lowest BCUT2D eigenvalue weighted by Gasteiger charge is -2.22. The second-order valence-corrected chi connectivity index (χ2v) is 6.75. The Bertz CT molecular complexity index is 284. The van der Waals surface area contributed by atoms with Crippen molar-refractivity contribution in [3.8, 4) is 0 Å². The Morgan fingerprint density at radius 2 is 1.82 bits per heavy atom. The van der Waals surface area contributed by atoms with E-state index < -0.39 is 0 Å². The van der Waals surface area contributed by atoms with Crippen LogP contribution < -0.4 is 11.1 Å². The highest BCUT2D eigenvalue weighted by Gasteiger charge is 2.43. The van der Waals surface area contributed by atoms with Gasteiger partial charge in [-0.1, -0.05) is 32.1 Å². The molecule has 98 valence electrons. The minimum absolute atomic E-state index is 0.0167. The Balaban J connectivity index is 1.80. The number of guanidine groups is 1. The number of nitrogens with two attached hydrogens (primary N) is 1. The summed E-state index contributed by atoms with van der Waals surface area (Å²) in [6.07, 6.45) is 8.38. The summed E-state index contributed by atoms with van der Waals surface area (Å²) in [4.78, 5) is 4.61. The maximum Gasteiger partial charge on any atom is 0.189 e. The van der Waals surface area contributed by atoms with Gasteiger partial charge in [0.05, 0.1) is 6.04 Å². The normalized spacial score (nSPS) is 31.4. The van der Waals surface area contributed by atoms with E-state index in [1.54, 1.807) is 0 Å². The molecule has 0 aliphatic heterocycles. The van der Waals surface area contributed by atoms with Crippen molar-refractivity contribution >= 4 is 5.96 Å². The van der Waals surface area contributed by atoms with Crippen LogP contribution in [-0.2, 0) is 0 Å². The summed E-state index contributed by atoms with van der Waals surface area (Å²) in [5.41, 5.74) is 5.95. The summed E-state index contributed by atoms with van der Waals surface area (Å²) in [5.74, 6) is 2.39. The van der Waals surface area contributed by atoms with Gasteiger partial charge in [-0.05, 0) is 39.0 Å². The second kappa shape index (κ2) is 4.87. The summed E-state index contributed by atoms with van der Waals surface area (Å²) < 4.78 is 0. The van der Waals surface area contributed by atoms with E-state index in [0.717, 1.165) is 11.8 Å². The number of hydrogen-bond acceptors (Lipinski definition) is 1. The van der Waals surface area contributed by atoms with E-state index in [2.05, 4.69) is 31.1 Å². The predicted octanol–water partition coefficient (Wildman–Crippen LogP) is 2.66. The smallest absolute Gasteiger partial charge is 0.189 e. The fourth-order valence-electron chi connectivity index (χ4n) is 3.01. The zero-order valence-corrected chi connectivity index (χ0v) is 11.5. The third-order valence-electron chi connectivity index (χ3n) is 3.87. The molecular weight excluding hydrogens is 210 g/mol. The number of hydrogen-bond donors (Lipinski definition) is 2. The van der Waals surface area contributed by atoms with Crippen molar-refractivity contribution in [1.29, 1.82) is 0 Å². The van der Waals surface area contributed by atoms with Gasteiger partial charge in [-0.3, -0.25) is 0 Å². The highest BCUT2D eigenvalue weighted by molar-refractivity contribution is 5.78. The number of rotatable bonds is 2. The Hall–Kier alpha value is -0.730. The van der Waals surface area contributed by atoms with Gasteiger partial charge in [-0.25, -0.2) is 4.99 Å². The van der Waals surface area contributed by atoms with Gasteiger partial charge in [-0.15, -0.1) is 0 Å². The molecule has 0 amide bonds. The van der Waals surface area contributed by atoms with Crippen molar-refractivity contribution in [3.05, 3.63) is 0 Å². The monoisotopic (exact) mass is 237 g/mol. The molecule has 3 nitrogen and oxygen atoms in total. The minimum atomic E-state index is 0.0167. The third-order valence-corrected chi connectivity index (χ3v) is 3.87. The minimum Gasteiger partial charge on any atom is -0.370 e. The van der Waals surface area contributed by atoms with Crippen molar-refractivity contribution in [2.75, 3.05) is 0 Å². The molecule has 2 unspecified atom stereocenters. The topological polar surface area (TPSA) is 50.4 Å². The summed E-state index contributed by atoms with van der Waals surface area (Å²) in [5, 5.41) is 3.24. The zero-order chi connectivity index (χ0) is 12.5. The molecule has 0 aromatic carbocycles. The van der Waals surface area contributed by atoms with Crippen LogP contribution in [0, 0.1) is 11.8 Å². The molecule has 2 fully saturated rings. The lowest BCUT2D eigenvalue weighted by molar-refractivity contribution is 0.318. The second-order valence-electron chi connectivity index (χ2n) is 6.75.